The van der Waals surface area contributed by atoms with E-state index in [1.54, 1.807) is 5.32 Å². The molecule has 0 aliphatic heterocycles. The Bertz CT molecular complexity index is 604. The average molecular weight is 300 g/mol. The highest BCUT2D eigenvalue weighted by Gasteiger charge is 2.22. The van der Waals surface area contributed by atoms with Crippen LogP contribution in [0.25, 0.3) is 0 Å². The van der Waals surface area contributed by atoms with E-state index in [9.17, 15) is 30.8 Å². The number of benzene rings is 1. The van der Waals surface area contributed by atoms with Crippen LogP contribution in [0.1, 0.15) is 10.4 Å². The number of carbonyl (C=O) groups excluding carboxylic acids is 1. The largest absolute Gasteiger partial charge is 0.346 e. The summed E-state index contributed by atoms with van der Waals surface area (Å²) in [6.45, 7) is -1.06. The molecule has 1 rings (SSSR count). The van der Waals surface area contributed by atoms with Gasteiger partial charge in [-0.15, -0.1) is 0 Å². The van der Waals surface area contributed by atoms with Crippen molar-refractivity contribution in [2.24, 2.45) is 5.14 Å². The summed E-state index contributed by atoms with van der Waals surface area (Å²) in [5.74, 6) is -4.18. The fourth-order valence-corrected chi connectivity index (χ4v) is 1.80. The van der Waals surface area contributed by atoms with Crippen LogP contribution >= 0.6 is 0 Å². The third kappa shape index (κ3) is 3.89. The molecule has 0 bridgehead atoms. The lowest BCUT2D eigenvalue weighted by molar-refractivity contribution is 0.0887. The summed E-state index contributed by atoms with van der Waals surface area (Å²) in [6.07, 6.45) is -2.87. The van der Waals surface area contributed by atoms with Crippen molar-refractivity contribution in [1.29, 1.82) is 0 Å². The SMILES string of the molecule is NS(=O)(=O)c1cc(C(=O)NCC(F)F)c(F)cc1F. The molecule has 1 aromatic carbocycles. The molecule has 0 radical (unpaired) electrons. The molecule has 0 unspecified atom stereocenters. The molecule has 0 saturated heterocycles. The molecule has 0 fully saturated rings. The van der Waals surface area contributed by atoms with Crippen molar-refractivity contribution in [2.75, 3.05) is 6.54 Å². The average Bonchev–Trinajstić information content (AvgIpc) is 2.24. The van der Waals surface area contributed by atoms with Crippen LogP contribution in [0.15, 0.2) is 17.0 Å². The normalized spacial score (nSPS) is 11.7. The van der Waals surface area contributed by atoms with E-state index in [-0.39, 0.29) is 6.07 Å². The minimum atomic E-state index is -4.51. The quantitative estimate of drug-likeness (QED) is 0.798. The van der Waals surface area contributed by atoms with Crippen molar-refractivity contribution in [3.63, 3.8) is 0 Å². The van der Waals surface area contributed by atoms with Gasteiger partial charge in [0.1, 0.15) is 16.5 Å². The number of carbonyl (C=O) groups is 1. The van der Waals surface area contributed by atoms with Crippen molar-refractivity contribution in [1.82, 2.24) is 5.32 Å². The van der Waals surface area contributed by atoms with Gasteiger partial charge in [-0.3, -0.25) is 4.79 Å². The molecule has 0 atom stereocenters. The van der Waals surface area contributed by atoms with E-state index in [4.69, 9.17) is 0 Å². The maximum atomic E-state index is 13.3. The molecule has 10 heteroatoms. The van der Waals surface area contributed by atoms with Crippen molar-refractivity contribution in [2.45, 2.75) is 11.3 Å². The van der Waals surface area contributed by atoms with Gasteiger partial charge in [-0.25, -0.2) is 31.1 Å². The van der Waals surface area contributed by atoms with Crippen LogP contribution in [0.2, 0.25) is 0 Å². The van der Waals surface area contributed by atoms with Gasteiger partial charge in [-0.1, -0.05) is 0 Å². The Balaban J connectivity index is 3.19. The minimum Gasteiger partial charge on any atom is -0.346 e. The second-order valence-electron chi connectivity index (χ2n) is 3.41. The fraction of sp³-hybridized carbons (Fsp3) is 0.222. The molecule has 1 amide bonds. The zero-order chi connectivity index (χ0) is 14.8. The van der Waals surface area contributed by atoms with Crippen LogP contribution in [0.3, 0.4) is 0 Å². The first-order valence-electron chi connectivity index (χ1n) is 4.71. The second-order valence-corrected chi connectivity index (χ2v) is 4.94. The van der Waals surface area contributed by atoms with Crippen LogP contribution in [-0.2, 0) is 10.0 Å². The number of sulfonamides is 1. The van der Waals surface area contributed by atoms with Gasteiger partial charge in [-0.2, -0.15) is 0 Å². The molecule has 0 spiro atoms. The van der Waals surface area contributed by atoms with Crippen molar-refractivity contribution in [3.8, 4) is 0 Å². The molecule has 0 saturated carbocycles. The van der Waals surface area contributed by atoms with E-state index in [1.165, 1.54) is 0 Å². The Kier molecular flexibility index (Phi) is 4.48. The summed E-state index contributed by atoms with van der Waals surface area (Å²) in [6, 6.07) is 0.484. The fourth-order valence-electron chi connectivity index (χ4n) is 1.19. The van der Waals surface area contributed by atoms with E-state index in [1.807, 2.05) is 0 Å². The standard InChI is InChI=1S/C9H8F4N2O3S/c10-5-2-6(11)7(19(14,17)18)1-4(5)9(16)15-3-8(12)13/h1-2,8H,3H2,(H,15,16)(H2,14,17,18). The van der Waals surface area contributed by atoms with Crippen LogP contribution in [0.5, 0.6) is 0 Å². The maximum absolute atomic E-state index is 13.3. The summed E-state index contributed by atoms with van der Waals surface area (Å²) in [5, 5.41) is 6.31. The monoisotopic (exact) mass is 300 g/mol. The number of nitrogens with two attached hydrogens (primary N) is 1. The van der Waals surface area contributed by atoms with Gasteiger partial charge in [0, 0.05) is 6.07 Å². The van der Waals surface area contributed by atoms with Gasteiger partial charge in [-0.05, 0) is 6.07 Å². The van der Waals surface area contributed by atoms with E-state index in [2.05, 4.69) is 5.14 Å². The topological polar surface area (TPSA) is 89.3 Å². The number of rotatable bonds is 4. The number of nitrogens with one attached hydrogen (secondary N) is 1. The highest BCUT2D eigenvalue weighted by Crippen LogP contribution is 2.18. The Morgan fingerprint density at radius 3 is 2.32 bits per heavy atom. The predicted molar refractivity (Wildman–Crippen MR) is 56.1 cm³/mol. The number of alkyl halides is 2. The highest BCUT2D eigenvalue weighted by atomic mass is 32.2. The van der Waals surface area contributed by atoms with Crippen molar-refractivity contribution >= 4 is 15.9 Å². The molecular formula is C9H8F4N2O3S. The van der Waals surface area contributed by atoms with Gasteiger partial charge < -0.3 is 5.32 Å². The molecular weight excluding hydrogens is 292 g/mol. The first kappa shape index (κ1) is 15.4. The summed E-state index contributed by atoms with van der Waals surface area (Å²) in [4.78, 5) is 10.2. The molecule has 106 valence electrons. The predicted octanol–water partition coefficient (Wildman–Crippen LogP) is 0.607. The third-order valence-corrected chi connectivity index (χ3v) is 2.92. The number of halogens is 4. The highest BCUT2D eigenvalue weighted by molar-refractivity contribution is 7.89. The first-order valence-corrected chi connectivity index (χ1v) is 6.25. The van der Waals surface area contributed by atoms with E-state index >= 15 is 0 Å². The zero-order valence-electron chi connectivity index (χ0n) is 9.16. The second kappa shape index (κ2) is 5.53. The number of hydrogen-bond acceptors (Lipinski definition) is 3. The molecule has 3 N–H and O–H groups in total. The van der Waals surface area contributed by atoms with Gasteiger partial charge in [0.25, 0.3) is 12.3 Å². The lowest BCUT2D eigenvalue weighted by Crippen LogP contribution is -2.29. The van der Waals surface area contributed by atoms with Crippen LogP contribution in [0.4, 0.5) is 17.6 Å². The van der Waals surface area contributed by atoms with E-state index in [0.29, 0.717) is 6.07 Å². The smallest absolute Gasteiger partial charge is 0.255 e. The molecule has 0 aliphatic carbocycles. The van der Waals surface area contributed by atoms with Gasteiger partial charge in [0.2, 0.25) is 10.0 Å². The van der Waals surface area contributed by atoms with E-state index in [0.717, 1.165) is 0 Å². The van der Waals surface area contributed by atoms with Crippen molar-refractivity contribution < 1.29 is 30.8 Å². The zero-order valence-corrected chi connectivity index (χ0v) is 9.98. The third-order valence-electron chi connectivity index (χ3n) is 1.99. The first-order chi connectivity index (χ1) is 8.62. The number of primary sulfonamides is 1. The lowest BCUT2D eigenvalue weighted by Gasteiger charge is -2.08. The lowest BCUT2D eigenvalue weighted by atomic mass is 10.2. The number of amides is 1. The van der Waals surface area contributed by atoms with E-state index < -0.39 is 51.0 Å². The molecule has 0 aliphatic rings. The van der Waals surface area contributed by atoms with Crippen LogP contribution in [0, 0.1) is 11.6 Å². The van der Waals surface area contributed by atoms with Gasteiger partial charge in [0.15, 0.2) is 0 Å². The molecule has 5 nitrogen and oxygen atoms in total. The molecule has 0 aromatic heterocycles. The Labute approximate surface area is 105 Å². The Morgan fingerprint density at radius 1 is 1.26 bits per heavy atom. The van der Waals surface area contributed by atoms with Crippen molar-refractivity contribution in [3.05, 3.63) is 29.3 Å². The molecule has 0 heterocycles. The van der Waals surface area contributed by atoms with Gasteiger partial charge >= 0.3 is 0 Å². The van der Waals surface area contributed by atoms with Crippen LogP contribution in [-0.4, -0.2) is 27.3 Å². The maximum Gasteiger partial charge on any atom is 0.255 e. The number of hydrogen-bond donors (Lipinski definition) is 2. The summed E-state index contributed by atoms with van der Waals surface area (Å²) in [5.41, 5.74) is -0.897. The molecule has 19 heavy (non-hydrogen) atoms. The Morgan fingerprint density at radius 2 is 1.84 bits per heavy atom. The summed E-state index contributed by atoms with van der Waals surface area (Å²) in [7, 11) is -4.51. The van der Waals surface area contributed by atoms with Gasteiger partial charge in [0.05, 0.1) is 12.1 Å². The summed E-state index contributed by atoms with van der Waals surface area (Å²) < 4.78 is 72.1. The minimum absolute atomic E-state index is 0.136. The van der Waals surface area contributed by atoms with Crippen LogP contribution < -0.4 is 10.5 Å². The molecule has 1 aromatic rings. The Hall–Kier alpha value is -1.68. The summed E-state index contributed by atoms with van der Waals surface area (Å²) >= 11 is 0.